The van der Waals surface area contributed by atoms with Crippen LogP contribution in [0.25, 0.3) is 0 Å². The number of hydrogen-bond acceptors (Lipinski definition) is 6. The number of halogens is 3. The van der Waals surface area contributed by atoms with E-state index in [9.17, 15) is 27.6 Å². The predicted octanol–water partition coefficient (Wildman–Crippen LogP) is 3.76. The molecule has 1 aliphatic heterocycles. The predicted molar refractivity (Wildman–Crippen MR) is 142 cm³/mol. The summed E-state index contributed by atoms with van der Waals surface area (Å²) in [4.78, 5) is 43.9. The third-order valence-electron chi connectivity index (χ3n) is 6.48. The smallest absolute Gasteiger partial charge is 0.418 e. The number of benzene rings is 1. The number of nitrogens with one attached hydrogen (secondary N) is 3. The van der Waals surface area contributed by atoms with Gasteiger partial charge >= 0.3 is 18.3 Å². The molecule has 0 saturated heterocycles. The maximum atomic E-state index is 13.5. The van der Waals surface area contributed by atoms with E-state index in [0.29, 0.717) is 31.7 Å². The van der Waals surface area contributed by atoms with Gasteiger partial charge in [0.25, 0.3) is 0 Å². The van der Waals surface area contributed by atoms with Crippen LogP contribution in [0.1, 0.15) is 42.1 Å². The van der Waals surface area contributed by atoms with Crippen molar-refractivity contribution < 1.29 is 32.3 Å². The number of carbonyl (C=O) groups excluding carboxylic acids is 3. The van der Waals surface area contributed by atoms with Gasteiger partial charge in [-0.25, -0.2) is 9.59 Å². The van der Waals surface area contributed by atoms with Crippen LogP contribution in [-0.4, -0.2) is 72.6 Å². The van der Waals surface area contributed by atoms with Crippen LogP contribution in [0.5, 0.6) is 0 Å². The van der Waals surface area contributed by atoms with E-state index >= 15 is 0 Å². The van der Waals surface area contributed by atoms with Crippen molar-refractivity contribution in [3.05, 3.63) is 58.9 Å². The minimum absolute atomic E-state index is 0.116. The highest BCUT2D eigenvalue weighted by molar-refractivity contribution is 5.81. The largest absolute Gasteiger partial charge is 0.448 e. The van der Waals surface area contributed by atoms with E-state index in [1.165, 1.54) is 24.2 Å². The van der Waals surface area contributed by atoms with Crippen LogP contribution in [0.2, 0.25) is 0 Å². The summed E-state index contributed by atoms with van der Waals surface area (Å²) in [5.74, 6) is -0.496. The lowest BCUT2D eigenvalue weighted by Gasteiger charge is -2.30. The molecule has 0 radical (unpaired) electrons. The maximum Gasteiger partial charge on any atom is 0.418 e. The topological polar surface area (TPSA) is 116 Å². The first-order chi connectivity index (χ1) is 19.1. The number of nitrogens with zero attached hydrogens (tertiary/aromatic N) is 3. The third-order valence-corrected chi connectivity index (χ3v) is 6.48. The number of amides is 4. The van der Waals surface area contributed by atoms with Gasteiger partial charge in [-0.1, -0.05) is 25.5 Å². The Hall–Kier alpha value is -4.03. The normalized spacial score (nSPS) is 12.8. The maximum absolute atomic E-state index is 13.5. The number of rotatable bonds is 11. The second kappa shape index (κ2) is 14.4. The summed E-state index contributed by atoms with van der Waals surface area (Å²) in [5, 5.41) is 8.31. The zero-order valence-corrected chi connectivity index (χ0v) is 22.6. The van der Waals surface area contributed by atoms with Crippen LogP contribution in [0, 0.1) is 0 Å². The lowest BCUT2D eigenvalue weighted by Crippen LogP contribution is -2.43. The van der Waals surface area contributed by atoms with Crippen molar-refractivity contribution in [2.75, 3.05) is 45.2 Å². The molecule has 0 fully saturated rings. The molecule has 0 aliphatic carbocycles. The second-order valence-corrected chi connectivity index (χ2v) is 9.25. The average molecular weight is 565 g/mol. The van der Waals surface area contributed by atoms with Crippen molar-refractivity contribution in [2.45, 2.75) is 45.5 Å². The van der Waals surface area contributed by atoms with E-state index in [1.807, 2.05) is 18.2 Å². The van der Waals surface area contributed by atoms with Crippen molar-refractivity contribution >= 4 is 23.7 Å². The van der Waals surface area contributed by atoms with Gasteiger partial charge in [-0.2, -0.15) is 13.2 Å². The molecule has 2 heterocycles. The number of unbranched alkanes of at least 4 members (excludes halogenated alkanes) is 1. The van der Waals surface area contributed by atoms with Gasteiger partial charge in [0.15, 0.2) is 0 Å². The first-order valence-electron chi connectivity index (χ1n) is 13.1. The average Bonchev–Trinajstić information content (AvgIpc) is 2.94. The lowest BCUT2D eigenvalue weighted by atomic mass is 9.98. The number of ether oxygens (including phenoxy) is 1. The summed E-state index contributed by atoms with van der Waals surface area (Å²) in [7, 11) is 1.37. The van der Waals surface area contributed by atoms with Crippen molar-refractivity contribution in [3.8, 4) is 0 Å². The van der Waals surface area contributed by atoms with Crippen LogP contribution in [0.3, 0.4) is 0 Å². The Kier molecular flexibility index (Phi) is 11.0. The van der Waals surface area contributed by atoms with Crippen molar-refractivity contribution in [2.24, 2.45) is 0 Å². The minimum atomic E-state index is -4.64. The molecule has 1 aromatic carbocycles. The van der Waals surface area contributed by atoms with Crippen molar-refractivity contribution in [1.29, 1.82) is 0 Å². The first-order valence-corrected chi connectivity index (χ1v) is 13.1. The fourth-order valence-electron chi connectivity index (χ4n) is 4.33. The van der Waals surface area contributed by atoms with E-state index < -0.39 is 30.3 Å². The van der Waals surface area contributed by atoms with Gasteiger partial charge in [-0.3, -0.25) is 9.78 Å². The summed E-state index contributed by atoms with van der Waals surface area (Å²) in [6, 6.07) is 7.55. The van der Waals surface area contributed by atoms with Crippen molar-refractivity contribution in [1.82, 2.24) is 25.4 Å². The number of carbonyl (C=O) groups is 3. The highest BCUT2D eigenvalue weighted by atomic mass is 19.4. The number of aromatic nitrogens is 1. The standard InChI is InChI=1S/C27H35F3N6O4/c1-3-4-11-33-25(38)36-13-10-20-19(17-36)7-5-9-22(20)34-16-24(37)35(14-15-40-26(39)31-2)18-23-21(27(28,29)30)8-6-12-32-23/h5-9,12,34H,3-4,10-11,13-18H2,1-2H3,(H,31,39)(H,33,38). The van der Waals surface area contributed by atoms with Crippen LogP contribution in [0.4, 0.5) is 28.4 Å². The molecule has 2 aromatic rings. The van der Waals surface area contributed by atoms with Gasteiger partial charge in [0, 0.05) is 38.6 Å². The quantitative estimate of drug-likeness (QED) is 0.358. The summed E-state index contributed by atoms with van der Waals surface area (Å²) in [6.45, 7) is 2.66. The van der Waals surface area contributed by atoms with Gasteiger partial charge < -0.3 is 30.5 Å². The Morgan fingerprint density at radius 1 is 1.18 bits per heavy atom. The zero-order valence-electron chi connectivity index (χ0n) is 22.6. The molecular formula is C27H35F3N6O4. The van der Waals surface area contributed by atoms with E-state index in [0.717, 1.165) is 30.0 Å². The van der Waals surface area contributed by atoms with Crippen LogP contribution < -0.4 is 16.0 Å². The SMILES string of the molecule is CCCCNC(=O)N1CCc2c(cccc2NCC(=O)N(CCOC(=O)NC)Cc2ncccc2C(F)(F)F)C1. The Morgan fingerprint density at radius 3 is 2.70 bits per heavy atom. The van der Waals surface area contributed by atoms with Gasteiger partial charge in [0.1, 0.15) is 6.61 Å². The number of hydrogen-bond donors (Lipinski definition) is 3. The van der Waals surface area contributed by atoms with Crippen LogP contribution >= 0.6 is 0 Å². The first kappa shape index (κ1) is 30.5. The van der Waals surface area contributed by atoms with E-state index in [2.05, 4.69) is 27.9 Å². The molecule has 1 aliphatic rings. The summed E-state index contributed by atoms with van der Waals surface area (Å²) in [5.41, 5.74) is 1.40. The molecule has 1 aromatic heterocycles. The number of pyridine rings is 1. The third kappa shape index (κ3) is 8.48. The molecule has 40 heavy (non-hydrogen) atoms. The van der Waals surface area contributed by atoms with Gasteiger partial charge in [-0.15, -0.1) is 0 Å². The molecule has 0 saturated carbocycles. The molecule has 218 valence electrons. The van der Waals surface area contributed by atoms with Gasteiger partial charge in [0.2, 0.25) is 5.91 Å². The molecule has 0 unspecified atom stereocenters. The number of anilines is 1. The molecule has 0 spiro atoms. The van der Waals surface area contributed by atoms with Crippen LogP contribution in [0.15, 0.2) is 36.5 Å². The van der Waals surface area contributed by atoms with Crippen LogP contribution in [-0.2, 0) is 35.2 Å². The molecule has 10 nitrogen and oxygen atoms in total. The Bertz CT molecular complexity index is 1180. The Morgan fingerprint density at radius 2 is 1.98 bits per heavy atom. The Labute approximate surface area is 231 Å². The molecule has 0 atom stereocenters. The molecule has 3 N–H and O–H groups in total. The van der Waals surface area contributed by atoms with E-state index in [4.69, 9.17) is 4.74 Å². The minimum Gasteiger partial charge on any atom is -0.448 e. The highest BCUT2D eigenvalue weighted by Crippen LogP contribution is 2.31. The summed E-state index contributed by atoms with van der Waals surface area (Å²) >= 11 is 0. The molecule has 0 bridgehead atoms. The lowest BCUT2D eigenvalue weighted by molar-refractivity contribution is -0.140. The van der Waals surface area contributed by atoms with E-state index in [1.54, 1.807) is 4.90 Å². The zero-order chi connectivity index (χ0) is 29.1. The summed E-state index contributed by atoms with van der Waals surface area (Å²) in [6.07, 6.45) is -1.65. The van der Waals surface area contributed by atoms with E-state index in [-0.39, 0.29) is 31.4 Å². The van der Waals surface area contributed by atoms with Gasteiger partial charge in [-0.05, 0) is 42.2 Å². The molecular weight excluding hydrogens is 529 g/mol. The second-order valence-electron chi connectivity index (χ2n) is 9.25. The fourth-order valence-corrected chi connectivity index (χ4v) is 4.33. The van der Waals surface area contributed by atoms with Crippen molar-refractivity contribution in [3.63, 3.8) is 0 Å². The molecule has 13 heteroatoms. The number of alkyl halides is 3. The number of alkyl carbamates (subject to hydrolysis) is 1. The highest BCUT2D eigenvalue weighted by Gasteiger charge is 2.34. The number of urea groups is 1. The van der Waals surface area contributed by atoms with Gasteiger partial charge in [0.05, 0.1) is 30.9 Å². The molecule has 3 rings (SSSR count). The fraction of sp³-hybridized carbons (Fsp3) is 0.481. The summed E-state index contributed by atoms with van der Waals surface area (Å²) < 4.78 is 45.5. The monoisotopic (exact) mass is 564 g/mol. The molecule has 4 amide bonds. The Balaban J connectivity index is 1.69. The number of fused-ring (bicyclic) bond motifs is 1.